The van der Waals surface area contributed by atoms with E-state index in [1.54, 1.807) is 0 Å². The van der Waals surface area contributed by atoms with Crippen LogP contribution in [-0.2, 0) is 20.5 Å². The molecule has 1 unspecified atom stereocenters. The predicted octanol–water partition coefficient (Wildman–Crippen LogP) is 2.25. The molecule has 0 bridgehead atoms. The van der Waals surface area contributed by atoms with Crippen molar-refractivity contribution in [2.75, 3.05) is 0 Å². The van der Waals surface area contributed by atoms with Crippen molar-refractivity contribution < 1.29 is 18.8 Å². The van der Waals surface area contributed by atoms with Crippen molar-refractivity contribution in [2.45, 2.75) is 71.2 Å². The molecule has 0 radical (unpaired) electrons. The van der Waals surface area contributed by atoms with Crippen molar-refractivity contribution >= 4 is 18.4 Å². The third-order valence-corrected chi connectivity index (χ3v) is 6.01. The van der Waals surface area contributed by atoms with Gasteiger partial charge in [0.1, 0.15) is 5.75 Å². The van der Waals surface area contributed by atoms with Crippen LogP contribution in [0.2, 0.25) is 0 Å². The molecular formula is C18H23BO4. The normalized spacial score (nSPS) is 29.8. The van der Waals surface area contributed by atoms with Crippen molar-refractivity contribution in [2.24, 2.45) is 0 Å². The molecule has 23 heavy (non-hydrogen) atoms. The minimum absolute atomic E-state index is 0.211. The summed E-state index contributed by atoms with van der Waals surface area (Å²) >= 11 is 0. The third-order valence-electron chi connectivity index (χ3n) is 6.01. The van der Waals surface area contributed by atoms with Gasteiger partial charge in [-0.15, -0.1) is 0 Å². The Balaban J connectivity index is 1.75. The quantitative estimate of drug-likeness (QED) is 0.746. The van der Waals surface area contributed by atoms with E-state index in [4.69, 9.17) is 14.0 Å². The van der Waals surface area contributed by atoms with Gasteiger partial charge < -0.3 is 14.0 Å². The largest absolute Gasteiger partial charge is 0.495 e. The molecule has 1 saturated heterocycles. The van der Waals surface area contributed by atoms with Crippen LogP contribution >= 0.6 is 0 Å². The lowest BCUT2D eigenvalue weighted by atomic mass is 9.72. The lowest BCUT2D eigenvalue weighted by Gasteiger charge is -2.32. The minimum atomic E-state index is -0.561. The average molecular weight is 314 g/mol. The molecule has 1 aliphatic carbocycles. The molecule has 4 nitrogen and oxygen atoms in total. The van der Waals surface area contributed by atoms with Crippen molar-refractivity contribution in [1.82, 2.24) is 0 Å². The summed E-state index contributed by atoms with van der Waals surface area (Å²) < 4.78 is 18.4. The zero-order valence-electron chi connectivity index (χ0n) is 14.7. The first-order chi connectivity index (χ1) is 10.6. The Morgan fingerprint density at radius 1 is 1.04 bits per heavy atom. The van der Waals surface area contributed by atoms with Crippen LogP contribution in [0.25, 0.3) is 0 Å². The molecule has 1 atom stereocenters. The molecule has 5 heteroatoms. The Labute approximate surface area is 137 Å². The fraction of sp³-hybridized carbons (Fsp3) is 0.611. The Kier molecular flexibility index (Phi) is 2.78. The second-order valence-electron chi connectivity index (χ2n) is 8.17. The van der Waals surface area contributed by atoms with Crippen molar-refractivity contribution in [3.63, 3.8) is 0 Å². The number of fused-ring (bicyclic) bond motifs is 1. The average Bonchev–Trinajstić information content (AvgIpc) is 2.75. The van der Waals surface area contributed by atoms with E-state index in [1.807, 2.05) is 6.07 Å². The third kappa shape index (κ3) is 1.96. The number of carbonyl (C=O) groups excluding carboxylic acids is 1. The fourth-order valence-electron chi connectivity index (χ4n) is 3.64. The molecule has 4 rings (SSSR count). The van der Waals surface area contributed by atoms with Gasteiger partial charge in [0.2, 0.25) is 0 Å². The van der Waals surface area contributed by atoms with Gasteiger partial charge in [0, 0.05) is 12.0 Å². The summed E-state index contributed by atoms with van der Waals surface area (Å²) in [5, 5.41) is 0. The predicted molar refractivity (Wildman–Crippen MR) is 88.3 cm³/mol. The van der Waals surface area contributed by atoms with E-state index < -0.39 is 5.60 Å². The number of hydrogen-bond donors (Lipinski definition) is 0. The van der Waals surface area contributed by atoms with Crippen LogP contribution < -0.4 is 10.2 Å². The van der Waals surface area contributed by atoms with Crippen LogP contribution in [0.1, 0.15) is 50.8 Å². The molecular weight excluding hydrogens is 291 g/mol. The molecule has 1 spiro atoms. The van der Waals surface area contributed by atoms with E-state index in [1.165, 1.54) is 0 Å². The topological polar surface area (TPSA) is 44.8 Å². The van der Waals surface area contributed by atoms with Crippen molar-refractivity contribution in [3.05, 3.63) is 22.8 Å². The summed E-state index contributed by atoms with van der Waals surface area (Å²) in [6, 6.07) is 2.03. The van der Waals surface area contributed by atoms with Crippen LogP contribution in [0.5, 0.6) is 5.75 Å². The molecule has 1 saturated carbocycles. The highest BCUT2D eigenvalue weighted by atomic mass is 16.7. The van der Waals surface area contributed by atoms with Crippen LogP contribution in [0.3, 0.4) is 0 Å². The van der Waals surface area contributed by atoms with Gasteiger partial charge >= 0.3 is 7.12 Å². The van der Waals surface area contributed by atoms with Gasteiger partial charge in [0.25, 0.3) is 0 Å². The van der Waals surface area contributed by atoms with Gasteiger partial charge in [-0.2, -0.15) is 0 Å². The number of benzene rings is 1. The molecule has 122 valence electrons. The highest BCUT2D eigenvalue weighted by Gasteiger charge is 2.61. The number of ether oxygens (including phenoxy) is 1. The highest BCUT2D eigenvalue weighted by molar-refractivity contribution is 6.63. The van der Waals surface area contributed by atoms with Gasteiger partial charge in [-0.05, 0) is 64.2 Å². The van der Waals surface area contributed by atoms with E-state index in [-0.39, 0.29) is 24.1 Å². The Hall–Kier alpha value is -1.33. The number of hydrogen-bond acceptors (Lipinski definition) is 4. The first-order valence-electron chi connectivity index (χ1n) is 8.27. The Morgan fingerprint density at radius 3 is 2.13 bits per heavy atom. The van der Waals surface area contributed by atoms with Crippen molar-refractivity contribution in [1.29, 1.82) is 0 Å². The molecule has 0 N–H and O–H groups in total. The van der Waals surface area contributed by atoms with Gasteiger partial charge in [-0.3, -0.25) is 4.79 Å². The zero-order chi connectivity index (χ0) is 16.8. The summed E-state index contributed by atoms with van der Waals surface area (Å²) in [4.78, 5) is 11.7. The summed E-state index contributed by atoms with van der Waals surface area (Å²) in [5.41, 5.74) is 3.15. The number of Topliss-reactive ketones (excluding diaryl/α,β-unsaturated/α-hetero) is 1. The summed E-state index contributed by atoms with van der Waals surface area (Å²) in [7, 11) is -0.378. The lowest BCUT2D eigenvalue weighted by molar-refractivity contribution is -0.114. The van der Waals surface area contributed by atoms with Crippen LogP contribution in [0.4, 0.5) is 0 Å². The monoisotopic (exact) mass is 314 g/mol. The summed E-state index contributed by atoms with van der Waals surface area (Å²) in [5.74, 6) is 1.06. The van der Waals surface area contributed by atoms with Gasteiger partial charge in [-0.25, -0.2) is 0 Å². The SMILES string of the molecule is Cc1cc2c(c(C)c1B1OC(C)(C)C(C)(C)O1)CC1(CC1=O)O2. The zero-order valence-corrected chi connectivity index (χ0v) is 14.7. The smallest absolute Gasteiger partial charge is 0.478 e. The number of rotatable bonds is 1. The van der Waals surface area contributed by atoms with E-state index in [0.29, 0.717) is 12.8 Å². The minimum Gasteiger partial charge on any atom is -0.478 e. The maximum Gasteiger partial charge on any atom is 0.495 e. The van der Waals surface area contributed by atoms with Gasteiger partial charge in [-0.1, -0.05) is 0 Å². The first-order valence-corrected chi connectivity index (χ1v) is 8.27. The van der Waals surface area contributed by atoms with E-state index >= 15 is 0 Å². The molecule has 0 aromatic heterocycles. The van der Waals surface area contributed by atoms with E-state index in [9.17, 15) is 4.79 Å². The first kappa shape index (κ1) is 15.2. The maximum atomic E-state index is 11.7. The maximum absolute atomic E-state index is 11.7. The molecule has 2 fully saturated rings. The van der Waals surface area contributed by atoms with Crippen LogP contribution in [0.15, 0.2) is 6.07 Å². The Morgan fingerprint density at radius 2 is 1.61 bits per heavy atom. The molecule has 0 amide bonds. The lowest BCUT2D eigenvalue weighted by Crippen LogP contribution is -2.41. The Bertz CT molecular complexity index is 721. The highest BCUT2D eigenvalue weighted by Crippen LogP contribution is 2.48. The molecule has 3 aliphatic rings. The number of ketones is 1. The second kappa shape index (κ2) is 4.20. The molecule has 1 aromatic carbocycles. The van der Waals surface area contributed by atoms with E-state index in [0.717, 1.165) is 27.9 Å². The number of carbonyl (C=O) groups is 1. The second-order valence-corrected chi connectivity index (χ2v) is 8.17. The van der Waals surface area contributed by atoms with Crippen LogP contribution in [-0.4, -0.2) is 29.7 Å². The van der Waals surface area contributed by atoms with Crippen LogP contribution in [0, 0.1) is 13.8 Å². The molecule has 2 aliphatic heterocycles. The molecule has 1 aromatic rings. The summed E-state index contributed by atoms with van der Waals surface area (Å²) in [6.07, 6.45) is 1.21. The van der Waals surface area contributed by atoms with E-state index in [2.05, 4.69) is 41.5 Å². The van der Waals surface area contributed by atoms with Gasteiger partial charge in [0.15, 0.2) is 11.4 Å². The van der Waals surface area contributed by atoms with Gasteiger partial charge in [0.05, 0.1) is 17.6 Å². The van der Waals surface area contributed by atoms with Crippen molar-refractivity contribution in [3.8, 4) is 5.75 Å². The standard InChI is InChI=1S/C18H23BO4/c1-10-7-13-12(8-18(21-13)9-14(18)20)11(2)15(10)19-22-16(3,4)17(5,6)23-19/h7H,8-9H2,1-6H3. The molecule has 2 heterocycles. The summed E-state index contributed by atoms with van der Waals surface area (Å²) in [6.45, 7) is 12.4. The number of aryl methyl sites for hydroxylation is 1. The fourth-order valence-corrected chi connectivity index (χ4v) is 3.64.